The lowest BCUT2D eigenvalue weighted by atomic mass is 10.3. The number of benzene rings is 1. The molecule has 6 heteroatoms. The number of nitrogens with one attached hydrogen (secondary N) is 2. The van der Waals surface area contributed by atoms with Crippen molar-refractivity contribution in [2.45, 2.75) is 18.9 Å². The second-order valence-electron chi connectivity index (χ2n) is 4.98. The Balaban J connectivity index is 1.59. The topological polar surface area (TPSA) is 70.6 Å². The number of urea groups is 1. The predicted molar refractivity (Wildman–Crippen MR) is 78.0 cm³/mol. The van der Waals surface area contributed by atoms with Gasteiger partial charge in [0.25, 0.3) is 0 Å². The van der Waals surface area contributed by atoms with Gasteiger partial charge in [-0.1, -0.05) is 11.6 Å². The van der Waals surface area contributed by atoms with Crippen LogP contribution in [-0.4, -0.2) is 37.0 Å². The first-order valence-corrected chi connectivity index (χ1v) is 7.07. The summed E-state index contributed by atoms with van der Waals surface area (Å²) >= 11 is 5.75. The highest BCUT2D eigenvalue weighted by atomic mass is 35.5. The lowest BCUT2D eigenvalue weighted by molar-refractivity contribution is 0.0339. The predicted octanol–water partition coefficient (Wildman–Crippen LogP) is 2.25. The second kappa shape index (κ2) is 7.47. The number of rotatable bonds is 7. The van der Waals surface area contributed by atoms with Crippen LogP contribution in [0.2, 0.25) is 5.02 Å². The molecule has 0 spiro atoms. The van der Waals surface area contributed by atoms with Gasteiger partial charge in [-0.05, 0) is 43.0 Å². The molecule has 1 aliphatic rings. The SMILES string of the molecule is O=C(NC[C@H](O)COCC1CC1)Nc1ccc(Cl)cc1. The summed E-state index contributed by atoms with van der Waals surface area (Å²) in [5.41, 5.74) is 0.645. The number of anilines is 1. The molecule has 1 aromatic rings. The number of aliphatic hydroxyl groups is 1. The van der Waals surface area contributed by atoms with Crippen molar-refractivity contribution < 1.29 is 14.6 Å². The molecular formula is C14H19ClN2O3. The molecular weight excluding hydrogens is 280 g/mol. The van der Waals surface area contributed by atoms with Crippen molar-refractivity contribution in [3.05, 3.63) is 29.3 Å². The molecule has 2 amide bonds. The smallest absolute Gasteiger partial charge is 0.319 e. The number of aliphatic hydroxyl groups excluding tert-OH is 1. The monoisotopic (exact) mass is 298 g/mol. The highest BCUT2D eigenvalue weighted by Gasteiger charge is 2.21. The molecule has 0 aromatic heterocycles. The van der Waals surface area contributed by atoms with Gasteiger partial charge in [0.15, 0.2) is 0 Å². The summed E-state index contributed by atoms with van der Waals surface area (Å²) in [4.78, 5) is 11.6. The summed E-state index contributed by atoms with van der Waals surface area (Å²) in [7, 11) is 0. The number of hydrogen-bond donors (Lipinski definition) is 3. The van der Waals surface area contributed by atoms with Gasteiger partial charge in [-0.25, -0.2) is 4.79 Å². The number of hydrogen-bond acceptors (Lipinski definition) is 3. The number of carbonyl (C=O) groups excluding carboxylic acids is 1. The molecule has 110 valence electrons. The molecule has 5 nitrogen and oxygen atoms in total. The van der Waals surface area contributed by atoms with E-state index in [4.69, 9.17) is 16.3 Å². The normalized spacial score (nSPS) is 15.7. The van der Waals surface area contributed by atoms with Crippen molar-refractivity contribution >= 4 is 23.3 Å². The lowest BCUT2D eigenvalue weighted by Gasteiger charge is -2.13. The third-order valence-electron chi connectivity index (χ3n) is 2.96. The van der Waals surface area contributed by atoms with Gasteiger partial charge in [-0.2, -0.15) is 0 Å². The van der Waals surface area contributed by atoms with Gasteiger partial charge in [-0.15, -0.1) is 0 Å². The fraction of sp³-hybridized carbons (Fsp3) is 0.500. The zero-order valence-corrected chi connectivity index (χ0v) is 11.9. The van der Waals surface area contributed by atoms with Crippen molar-refractivity contribution in [3.63, 3.8) is 0 Å². The molecule has 0 bridgehead atoms. The summed E-state index contributed by atoms with van der Waals surface area (Å²) in [5, 5.41) is 15.5. The Morgan fingerprint density at radius 2 is 2.10 bits per heavy atom. The summed E-state index contributed by atoms with van der Waals surface area (Å²) in [6.07, 6.45) is 1.75. The molecule has 0 unspecified atom stereocenters. The van der Waals surface area contributed by atoms with Gasteiger partial charge < -0.3 is 20.5 Å². The summed E-state index contributed by atoms with van der Waals surface area (Å²) in [6, 6.07) is 6.43. The molecule has 1 saturated carbocycles. The molecule has 0 radical (unpaired) electrons. The highest BCUT2D eigenvalue weighted by molar-refractivity contribution is 6.30. The van der Waals surface area contributed by atoms with Crippen LogP contribution in [0.3, 0.4) is 0 Å². The van der Waals surface area contributed by atoms with Gasteiger partial charge in [-0.3, -0.25) is 0 Å². The molecule has 1 atom stereocenters. The fourth-order valence-electron chi connectivity index (χ4n) is 1.63. The first-order valence-electron chi connectivity index (χ1n) is 6.69. The van der Waals surface area contributed by atoms with E-state index in [1.54, 1.807) is 24.3 Å². The van der Waals surface area contributed by atoms with Crippen LogP contribution in [0.4, 0.5) is 10.5 Å². The second-order valence-corrected chi connectivity index (χ2v) is 5.41. The Morgan fingerprint density at radius 1 is 1.40 bits per heavy atom. The van der Waals surface area contributed by atoms with Crippen LogP contribution in [0.25, 0.3) is 0 Å². The third kappa shape index (κ3) is 5.77. The quantitative estimate of drug-likeness (QED) is 0.723. The van der Waals surface area contributed by atoms with Gasteiger partial charge in [0.2, 0.25) is 0 Å². The van der Waals surface area contributed by atoms with Crippen LogP contribution in [0, 0.1) is 5.92 Å². The minimum absolute atomic E-state index is 0.157. The van der Waals surface area contributed by atoms with Crippen LogP contribution in [0.1, 0.15) is 12.8 Å². The maximum absolute atomic E-state index is 11.6. The van der Waals surface area contributed by atoms with Gasteiger partial charge in [0.1, 0.15) is 0 Å². The van der Waals surface area contributed by atoms with Crippen LogP contribution in [0.15, 0.2) is 24.3 Å². The van der Waals surface area contributed by atoms with E-state index in [1.165, 1.54) is 12.8 Å². The van der Waals surface area contributed by atoms with Crippen LogP contribution in [-0.2, 0) is 4.74 Å². The van der Waals surface area contributed by atoms with E-state index in [1.807, 2.05) is 0 Å². The molecule has 0 aliphatic heterocycles. The average Bonchev–Trinajstić information content (AvgIpc) is 3.23. The minimum Gasteiger partial charge on any atom is -0.389 e. The lowest BCUT2D eigenvalue weighted by Crippen LogP contribution is -2.37. The van der Waals surface area contributed by atoms with Crippen molar-refractivity contribution in [2.24, 2.45) is 5.92 Å². The van der Waals surface area contributed by atoms with E-state index in [-0.39, 0.29) is 19.2 Å². The zero-order valence-electron chi connectivity index (χ0n) is 11.1. The van der Waals surface area contributed by atoms with Crippen LogP contribution < -0.4 is 10.6 Å². The maximum atomic E-state index is 11.6. The molecule has 0 saturated heterocycles. The summed E-state index contributed by atoms with van der Waals surface area (Å²) < 4.78 is 5.35. The standard InChI is InChI=1S/C14H19ClN2O3/c15-11-3-5-12(6-4-11)17-14(19)16-7-13(18)9-20-8-10-1-2-10/h3-6,10,13,18H,1-2,7-9H2,(H2,16,17,19)/t13-/m0/s1. The molecule has 3 N–H and O–H groups in total. The number of amides is 2. The van der Waals surface area contributed by atoms with Gasteiger partial charge in [0, 0.05) is 23.9 Å². The highest BCUT2D eigenvalue weighted by Crippen LogP contribution is 2.28. The maximum Gasteiger partial charge on any atom is 0.319 e. The Morgan fingerprint density at radius 3 is 2.75 bits per heavy atom. The van der Waals surface area contributed by atoms with Crippen molar-refractivity contribution in [3.8, 4) is 0 Å². The van der Waals surface area contributed by atoms with E-state index in [2.05, 4.69) is 10.6 Å². The van der Waals surface area contributed by atoms with E-state index >= 15 is 0 Å². The van der Waals surface area contributed by atoms with E-state index < -0.39 is 6.10 Å². The van der Waals surface area contributed by atoms with E-state index in [0.717, 1.165) is 0 Å². The first kappa shape index (κ1) is 15.1. The van der Waals surface area contributed by atoms with Crippen LogP contribution >= 0.6 is 11.6 Å². The van der Waals surface area contributed by atoms with Crippen LogP contribution in [0.5, 0.6) is 0 Å². The molecule has 20 heavy (non-hydrogen) atoms. The number of halogens is 1. The van der Waals surface area contributed by atoms with Crippen molar-refractivity contribution in [2.75, 3.05) is 25.1 Å². The largest absolute Gasteiger partial charge is 0.389 e. The minimum atomic E-state index is -0.690. The van der Waals surface area contributed by atoms with E-state index in [0.29, 0.717) is 23.2 Å². The van der Waals surface area contributed by atoms with Crippen molar-refractivity contribution in [1.82, 2.24) is 5.32 Å². The number of carbonyl (C=O) groups is 1. The summed E-state index contributed by atoms with van der Waals surface area (Å²) in [5.74, 6) is 0.670. The Kier molecular flexibility index (Phi) is 5.64. The Labute approximate surface area is 123 Å². The molecule has 1 aromatic carbocycles. The first-order chi connectivity index (χ1) is 9.63. The Bertz CT molecular complexity index is 435. The fourth-order valence-corrected chi connectivity index (χ4v) is 1.76. The van der Waals surface area contributed by atoms with Gasteiger partial charge in [0.05, 0.1) is 12.7 Å². The summed E-state index contributed by atoms with van der Waals surface area (Å²) in [6.45, 7) is 1.11. The average molecular weight is 299 g/mol. The molecule has 2 rings (SSSR count). The molecule has 1 fully saturated rings. The third-order valence-corrected chi connectivity index (χ3v) is 3.21. The number of ether oxygens (including phenoxy) is 1. The van der Waals surface area contributed by atoms with E-state index in [9.17, 15) is 9.90 Å². The zero-order chi connectivity index (χ0) is 14.4. The molecule has 1 aliphatic carbocycles. The van der Waals surface area contributed by atoms with Gasteiger partial charge >= 0.3 is 6.03 Å². The van der Waals surface area contributed by atoms with Crippen molar-refractivity contribution in [1.29, 1.82) is 0 Å². The Hall–Kier alpha value is -1.30. The molecule has 0 heterocycles.